The van der Waals surface area contributed by atoms with E-state index in [-0.39, 0.29) is 30.6 Å². The highest BCUT2D eigenvalue weighted by Crippen LogP contribution is 2.32. The van der Waals surface area contributed by atoms with Crippen LogP contribution in [-0.4, -0.2) is 43.8 Å². The molecule has 0 aliphatic rings. The number of rotatable bonds is 12. The van der Waals surface area contributed by atoms with Gasteiger partial charge in [0.2, 0.25) is 11.6 Å². The number of hydrogen-bond donors (Lipinski definition) is 2. The first kappa shape index (κ1) is 26.8. The quantitative estimate of drug-likeness (QED) is 0.386. The van der Waals surface area contributed by atoms with Gasteiger partial charge in [-0.05, 0) is 37.8 Å². The Kier molecular flexibility index (Phi) is 9.12. The average Bonchev–Trinajstić information content (AvgIpc) is 3.28. The van der Waals surface area contributed by atoms with Gasteiger partial charge in [-0.2, -0.15) is 14.6 Å². The first-order chi connectivity index (χ1) is 17.2. The summed E-state index contributed by atoms with van der Waals surface area (Å²) in [4.78, 5) is 25.9. The van der Waals surface area contributed by atoms with Crippen molar-refractivity contribution in [2.24, 2.45) is 5.92 Å². The lowest BCUT2D eigenvalue weighted by molar-refractivity contribution is -0.120. The molecule has 3 aromatic rings. The van der Waals surface area contributed by atoms with Crippen LogP contribution in [0.15, 0.2) is 41.5 Å². The van der Waals surface area contributed by atoms with E-state index in [1.54, 1.807) is 23.9 Å². The van der Waals surface area contributed by atoms with Crippen LogP contribution in [0, 0.1) is 17.6 Å². The molecule has 2 heterocycles. The molecule has 0 saturated heterocycles. The van der Waals surface area contributed by atoms with Crippen molar-refractivity contribution in [1.82, 2.24) is 19.6 Å². The van der Waals surface area contributed by atoms with E-state index in [4.69, 9.17) is 14.6 Å². The second-order valence-corrected chi connectivity index (χ2v) is 8.37. The summed E-state index contributed by atoms with van der Waals surface area (Å²) < 4.78 is 41.7. The Morgan fingerprint density at radius 3 is 2.69 bits per heavy atom. The highest BCUT2D eigenvalue weighted by molar-refractivity contribution is 5.92. The number of ether oxygens (including phenoxy) is 2. The van der Waals surface area contributed by atoms with Gasteiger partial charge in [0.15, 0.2) is 23.1 Å². The van der Waals surface area contributed by atoms with Crippen LogP contribution in [0.25, 0.3) is 0 Å². The highest BCUT2D eigenvalue weighted by atomic mass is 19.1. The van der Waals surface area contributed by atoms with Gasteiger partial charge in [-0.25, -0.2) is 9.07 Å². The van der Waals surface area contributed by atoms with Gasteiger partial charge in [-0.15, -0.1) is 0 Å². The number of aromatic nitrogens is 4. The predicted molar refractivity (Wildman–Crippen MR) is 127 cm³/mol. The number of carbonyl (C=O) groups is 1. The number of amides is 1. The molecule has 0 spiro atoms. The molecule has 0 aliphatic heterocycles. The Balaban J connectivity index is 1.83. The summed E-state index contributed by atoms with van der Waals surface area (Å²) in [5.74, 6) is -3.31. The van der Waals surface area contributed by atoms with E-state index < -0.39 is 34.9 Å². The van der Waals surface area contributed by atoms with E-state index in [0.717, 1.165) is 29.1 Å². The van der Waals surface area contributed by atoms with Crippen LogP contribution in [0.1, 0.15) is 39.7 Å². The summed E-state index contributed by atoms with van der Waals surface area (Å²) in [6.45, 7) is 6.11. The molecule has 1 atom stereocenters. The molecule has 0 fully saturated rings. The van der Waals surface area contributed by atoms with E-state index in [1.165, 1.54) is 0 Å². The third-order valence-electron chi connectivity index (χ3n) is 5.06. The lowest BCUT2D eigenvalue weighted by Crippen LogP contribution is -2.35. The van der Waals surface area contributed by atoms with Crippen molar-refractivity contribution in [3.8, 4) is 17.2 Å². The molecule has 2 N–H and O–H groups in total. The molecule has 0 radical (unpaired) electrons. The van der Waals surface area contributed by atoms with Crippen LogP contribution < -0.4 is 20.3 Å². The van der Waals surface area contributed by atoms with E-state index in [1.807, 2.05) is 13.8 Å². The normalized spacial score (nSPS) is 12.0. The Morgan fingerprint density at radius 1 is 1.25 bits per heavy atom. The summed E-state index contributed by atoms with van der Waals surface area (Å²) in [6.07, 6.45) is 3.59. The first-order valence-electron chi connectivity index (χ1n) is 11.6. The maximum Gasteiger partial charge on any atom is 0.271 e. The fourth-order valence-electron chi connectivity index (χ4n) is 3.44. The van der Waals surface area contributed by atoms with Crippen LogP contribution in [-0.2, 0) is 11.3 Å². The summed E-state index contributed by atoms with van der Waals surface area (Å²) in [7, 11) is 0. The minimum absolute atomic E-state index is 0.0174. The summed E-state index contributed by atoms with van der Waals surface area (Å²) >= 11 is 0. The Hall–Kier alpha value is -3.80. The Labute approximate surface area is 206 Å². The molecule has 1 unspecified atom stereocenters. The summed E-state index contributed by atoms with van der Waals surface area (Å²) in [6, 6.07) is 3.77. The second kappa shape index (κ2) is 12.2. The smallest absolute Gasteiger partial charge is 0.271 e. The molecule has 2 aromatic heterocycles. The molecule has 12 heteroatoms. The van der Waals surface area contributed by atoms with Crippen molar-refractivity contribution in [2.75, 3.05) is 18.5 Å². The maximum absolute atomic E-state index is 14.6. The van der Waals surface area contributed by atoms with Gasteiger partial charge in [0.05, 0.1) is 12.8 Å². The molecule has 10 nitrogen and oxygen atoms in total. The Bertz CT molecular complexity index is 1240. The van der Waals surface area contributed by atoms with Crippen LogP contribution >= 0.6 is 0 Å². The predicted octanol–water partition coefficient (Wildman–Crippen LogP) is 3.52. The highest BCUT2D eigenvalue weighted by Gasteiger charge is 2.25. The molecular formula is C24H29F2N5O5. The molecule has 194 valence electrons. The molecule has 1 aromatic carbocycles. The van der Waals surface area contributed by atoms with Gasteiger partial charge in [0.1, 0.15) is 6.04 Å². The number of anilines is 1. The fraction of sp³-hybridized carbons (Fsp3) is 0.417. The third-order valence-corrected chi connectivity index (χ3v) is 5.06. The van der Waals surface area contributed by atoms with Gasteiger partial charge >= 0.3 is 0 Å². The molecule has 3 rings (SSSR count). The minimum Gasteiger partial charge on any atom is -0.491 e. The zero-order chi connectivity index (χ0) is 26.2. The second-order valence-electron chi connectivity index (χ2n) is 8.37. The largest absolute Gasteiger partial charge is 0.491 e. The van der Waals surface area contributed by atoms with Crippen molar-refractivity contribution in [2.45, 2.75) is 46.2 Å². The van der Waals surface area contributed by atoms with Crippen LogP contribution in [0.3, 0.4) is 0 Å². The number of aryl methyl sites for hydroxylation is 1. The van der Waals surface area contributed by atoms with Crippen LogP contribution in [0.2, 0.25) is 0 Å². The number of halogens is 2. The first-order valence-corrected chi connectivity index (χ1v) is 11.6. The SMILES string of the molecule is CCOc1ccc(F)c(Oc2cnn(C(CC(C)C)C(=O)Nc3ccn(CCCO)n3)c(=O)c2)c1F. The van der Waals surface area contributed by atoms with Gasteiger partial charge in [-0.1, -0.05) is 13.8 Å². The van der Waals surface area contributed by atoms with Gasteiger partial charge in [-0.3, -0.25) is 14.3 Å². The summed E-state index contributed by atoms with van der Waals surface area (Å²) in [5.41, 5.74) is -0.691. The minimum atomic E-state index is -1.04. The lowest BCUT2D eigenvalue weighted by Gasteiger charge is -2.19. The number of carbonyl (C=O) groups excluding carboxylic acids is 1. The topological polar surface area (TPSA) is 120 Å². The monoisotopic (exact) mass is 505 g/mol. The van der Waals surface area contributed by atoms with Crippen molar-refractivity contribution < 1.29 is 28.2 Å². The fourth-order valence-corrected chi connectivity index (χ4v) is 3.44. The van der Waals surface area contributed by atoms with E-state index in [2.05, 4.69) is 15.5 Å². The van der Waals surface area contributed by atoms with Crippen molar-refractivity contribution >= 4 is 11.7 Å². The average molecular weight is 506 g/mol. The van der Waals surface area contributed by atoms with E-state index >= 15 is 0 Å². The van der Waals surface area contributed by atoms with E-state index in [0.29, 0.717) is 25.2 Å². The van der Waals surface area contributed by atoms with Gasteiger partial charge in [0.25, 0.3) is 11.5 Å². The van der Waals surface area contributed by atoms with Crippen LogP contribution in [0.5, 0.6) is 17.2 Å². The standard InChI is InChI=1S/C24H29F2N5O5/c1-4-35-19-7-6-17(25)23(22(19)26)36-16-13-21(33)31(27-14-16)18(12-15(2)3)24(34)28-20-8-10-30(29-20)9-5-11-32/h6-8,10,13-15,18,32H,4-5,9,11-12H2,1-3H3,(H,28,29,34). The van der Waals surface area contributed by atoms with Crippen molar-refractivity contribution in [1.29, 1.82) is 0 Å². The van der Waals surface area contributed by atoms with E-state index in [9.17, 15) is 18.4 Å². The van der Waals surface area contributed by atoms with Crippen molar-refractivity contribution in [3.05, 3.63) is 58.6 Å². The molecule has 0 aliphatic carbocycles. The number of aliphatic hydroxyl groups excluding tert-OH is 1. The number of nitrogens with one attached hydrogen (secondary N) is 1. The zero-order valence-electron chi connectivity index (χ0n) is 20.3. The third kappa shape index (κ3) is 6.66. The number of benzene rings is 1. The zero-order valence-corrected chi connectivity index (χ0v) is 20.3. The number of aliphatic hydroxyl groups is 1. The molecule has 36 heavy (non-hydrogen) atoms. The number of nitrogens with zero attached hydrogens (tertiary/aromatic N) is 4. The summed E-state index contributed by atoms with van der Waals surface area (Å²) in [5, 5.41) is 19.9. The van der Waals surface area contributed by atoms with Gasteiger partial charge in [0, 0.05) is 31.5 Å². The molecule has 0 saturated carbocycles. The Morgan fingerprint density at radius 2 is 2.03 bits per heavy atom. The molecule has 1 amide bonds. The van der Waals surface area contributed by atoms with Crippen molar-refractivity contribution in [3.63, 3.8) is 0 Å². The molecular weight excluding hydrogens is 476 g/mol. The molecule has 0 bridgehead atoms. The van der Waals surface area contributed by atoms with Gasteiger partial charge < -0.3 is 19.9 Å². The maximum atomic E-state index is 14.6. The lowest BCUT2D eigenvalue weighted by atomic mass is 10.0. The number of hydrogen-bond acceptors (Lipinski definition) is 7. The van der Waals surface area contributed by atoms with Crippen LogP contribution in [0.4, 0.5) is 14.6 Å².